The second-order valence-electron chi connectivity index (χ2n) is 3.47. The topological polar surface area (TPSA) is 75.4 Å². The molecule has 0 fully saturated rings. The molecular formula is C9H20N2O2. The highest BCUT2D eigenvalue weighted by Gasteiger charge is 2.17. The summed E-state index contributed by atoms with van der Waals surface area (Å²) in [5.41, 5.74) is 5.53. The first-order valence-corrected chi connectivity index (χ1v) is 4.69. The van der Waals surface area contributed by atoms with Crippen LogP contribution in [0.4, 0.5) is 0 Å². The summed E-state index contributed by atoms with van der Waals surface area (Å²) in [6.45, 7) is 5.68. The maximum Gasteiger partial charge on any atom is 0.237 e. The van der Waals surface area contributed by atoms with Crippen molar-refractivity contribution >= 4 is 5.91 Å². The molecular weight excluding hydrogens is 168 g/mol. The number of carbonyl (C=O) groups excluding carboxylic acids is 1. The minimum absolute atomic E-state index is 0.0323. The van der Waals surface area contributed by atoms with Crippen molar-refractivity contribution in [3.63, 3.8) is 0 Å². The first-order valence-electron chi connectivity index (χ1n) is 4.69. The zero-order valence-electron chi connectivity index (χ0n) is 8.58. The Morgan fingerprint density at radius 2 is 2.08 bits per heavy atom. The van der Waals surface area contributed by atoms with Gasteiger partial charge < -0.3 is 16.2 Å². The van der Waals surface area contributed by atoms with Gasteiger partial charge in [-0.1, -0.05) is 13.8 Å². The predicted octanol–water partition coefficient (Wildman–Crippen LogP) is -0.143. The molecule has 0 saturated heterocycles. The van der Waals surface area contributed by atoms with Crippen molar-refractivity contribution in [1.29, 1.82) is 0 Å². The summed E-state index contributed by atoms with van der Waals surface area (Å²) in [7, 11) is 0. The molecule has 0 bridgehead atoms. The Hall–Kier alpha value is -0.610. The van der Waals surface area contributed by atoms with Crippen LogP contribution in [-0.4, -0.2) is 29.7 Å². The molecule has 0 aliphatic rings. The number of aliphatic hydroxyl groups is 1. The molecule has 0 rings (SSSR count). The van der Waals surface area contributed by atoms with Crippen LogP contribution in [-0.2, 0) is 4.79 Å². The summed E-state index contributed by atoms with van der Waals surface area (Å²) in [4.78, 5) is 11.3. The molecule has 3 atom stereocenters. The lowest BCUT2D eigenvalue weighted by molar-refractivity contribution is -0.123. The molecule has 0 aromatic carbocycles. The van der Waals surface area contributed by atoms with Gasteiger partial charge in [0.15, 0.2) is 0 Å². The van der Waals surface area contributed by atoms with Crippen LogP contribution in [0.15, 0.2) is 0 Å². The molecule has 0 saturated carbocycles. The average Bonchev–Trinajstić information content (AvgIpc) is 2.14. The fourth-order valence-corrected chi connectivity index (χ4v) is 0.817. The van der Waals surface area contributed by atoms with E-state index in [4.69, 9.17) is 10.8 Å². The molecule has 0 spiro atoms. The van der Waals surface area contributed by atoms with Gasteiger partial charge in [-0.15, -0.1) is 0 Å². The zero-order chi connectivity index (χ0) is 10.4. The van der Waals surface area contributed by atoms with Crippen molar-refractivity contribution in [2.24, 2.45) is 11.7 Å². The van der Waals surface area contributed by atoms with Crippen molar-refractivity contribution in [3.05, 3.63) is 0 Å². The zero-order valence-corrected chi connectivity index (χ0v) is 8.58. The molecule has 4 N–H and O–H groups in total. The first kappa shape index (κ1) is 12.4. The molecule has 0 aromatic rings. The summed E-state index contributed by atoms with van der Waals surface area (Å²) in [6.07, 6.45) is 0.631. The third kappa shape index (κ3) is 4.24. The van der Waals surface area contributed by atoms with E-state index in [0.717, 1.165) is 0 Å². The number of nitrogens with one attached hydrogen (secondary N) is 1. The molecule has 4 nitrogen and oxygen atoms in total. The highest BCUT2D eigenvalue weighted by Crippen LogP contribution is 2.01. The van der Waals surface area contributed by atoms with Gasteiger partial charge >= 0.3 is 0 Å². The maximum atomic E-state index is 11.3. The highest BCUT2D eigenvalue weighted by molar-refractivity contribution is 5.81. The molecule has 0 aliphatic carbocycles. The van der Waals surface area contributed by atoms with Gasteiger partial charge in [0, 0.05) is 12.6 Å². The van der Waals surface area contributed by atoms with Crippen LogP contribution < -0.4 is 11.1 Å². The van der Waals surface area contributed by atoms with Crippen molar-refractivity contribution in [2.45, 2.75) is 39.3 Å². The monoisotopic (exact) mass is 188 g/mol. The second kappa shape index (κ2) is 5.94. The molecule has 0 aliphatic heterocycles. The lowest BCUT2D eigenvalue weighted by Crippen LogP contribution is -2.46. The fraction of sp³-hybridized carbons (Fsp3) is 0.889. The Kier molecular flexibility index (Phi) is 5.66. The van der Waals surface area contributed by atoms with Gasteiger partial charge in [0.2, 0.25) is 5.91 Å². The molecule has 78 valence electrons. The summed E-state index contributed by atoms with van der Waals surface area (Å²) in [5, 5.41) is 11.6. The van der Waals surface area contributed by atoms with E-state index in [2.05, 4.69) is 5.32 Å². The number of aliphatic hydroxyl groups excluding tert-OH is 1. The maximum absolute atomic E-state index is 11.3. The number of nitrogens with two attached hydrogens (primary N) is 1. The lowest BCUT2D eigenvalue weighted by Gasteiger charge is -2.20. The summed E-state index contributed by atoms with van der Waals surface area (Å²) in [6, 6.07) is -0.469. The Morgan fingerprint density at radius 1 is 1.54 bits per heavy atom. The quantitative estimate of drug-likeness (QED) is 0.562. The number of rotatable bonds is 5. The van der Waals surface area contributed by atoms with Gasteiger partial charge in [-0.05, 0) is 19.3 Å². The van der Waals surface area contributed by atoms with Gasteiger partial charge in [-0.25, -0.2) is 0 Å². The van der Waals surface area contributed by atoms with Gasteiger partial charge in [0.25, 0.3) is 0 Å². The third-order valence-corrected chi connectivity index (χ3v) is 2.29. The van der Waals surface area contributed by atoms with E-state index < -0.39 is 6.04 Å². The van der Waals surface area contributed by atoms with Gasteiger partial charge in [-0.3, -0.25) is 4.79 Å². The molecule has 1 amide bonds. The van der Waals surface area contributed by atoms with Crippen LogP contribution in [0, 0.1) is 5.92 Å². The number of carbonyl (C=O) groups is 1. The van der Waals surface area contributed by atoms with E-state index in [0.29, 0.717) is 6.42 Å². The smallest absolute Gasteiger partial charge is 0.237 e. The molecule has 0 heterocycles. The lowest BCUT2D eigenvalue weighted by atomic mass is 10.0. The second-order valence-corrected chi connectivity index (χ2v) is 3.47. The van der Waals surface area contributed by atoms with E-state index in [1.165, 1.54) is 0 Å². The van der Waals surface area contributed by atoms with E-state index in [9.17, 15) is 4.79 Å². The number of hydrogen-bond donors (Lipinski definition) is 3. The standard InChI is InChI=1S/C9H20N2O2/c1-4-8(10)9(13)11-7(3)6(2)5-12/h6-8,12H,4-5,10H2,1-3H3,(H,11,13). The van der Waals surface area contributed by atoms with Crippen LogP contribution in [0.1, 0.15) is 27.2 Å². The average molecular weight is 188 g/mol. The van der Waals surface area contributed by atoms with Crippen molar-refractivity contribution < 1.29 is 9.90 Å². The van der Waals surface area contributed by atoms with Crippen LogP contribution in [0.25, 0.3) is 0 Å². The summed E-state index contributed by atoms with van der Waals surface area (Å²) >= 11 is 0. The molecule has 13 heavy (non-hydrogen) atoms. The molecule has 4 heteroatoms. The Bertz CT molecular complexity index is 162. The minimum Gasteiger partial charge on any atom is -0.396 e. The van der Waals surface area contributed by atoms with Crippen LogP contribution in [0.3, 0.4) is 0 Å². The first-order chi connectivity index (χ1) is 6.02. The molecule has 3 unspecified atom stereocenters. The molecule has 0 aromatic heterocycles. The predicted molar refractivity (Wildman–Crippen MR) is 52.1 cm³/mol. The number of amides is 1. The summed E-state index contributed by atoms with van der Waals surface area (Å²) < 4.78 is 0. The third-order valence-electron chi connectivity index (χ3n) is 2.29. The number of hydrogen-bond acceptors (Lipinski definition) is 3. The highest BCUT2D eigenvalue weighted by atomic mass is 16.3. The largest absolute Gasteiger partial charge is 0.396 e. The van der Waals surface area contributed by atoms with Crippen LogP contribution in [0.5, 0.6) is 0 Å². The van der Waals surface area contributed by atoms with Gasteiger partial charge in [-0.2, -0.15) is 0 Å². The van der Waals surface area contributed by atoms with Crippen LogP contribution in [0.2, 0.25) is 0 Å². The van der Waals surface area contributed by atoms with E-state index in [1.54, 1.807) is 0 Å². The van der Waals surface area contributed by atoms with Crippen molar-refractivity contribution in [3.8, 4) is 0 Å². The van der Waals surface area contributed by atoms with Crippen molar-refractivity contribution in [1.82, 2.24) is 5.32 Å². The Morgan fingerprint density at radius 3 is 2.46 bits per heavy atom. The minimum atomic E-state index is -0.437. The fourth-order valence-electron chi connectivity index (χ4n) is 0.817. The van der Waals surface area contributed by atoms with E-state index in [1.807, 2.05) is 20.8 Å². The van der Waals surface area contributed by atoms with Gasteiger partial charge in [0.1, 0.15) is 0 Å². The Labute approximate surface area is 79.5 Å². The SMILES string of the molecule is CCC(N)C(=O)NC(C)C(C)CO. The van der Waals surface area contributed by atoms with Gasteiger partial charge in [0.05, 0.1) is 6.04 Å². The molecule has 0 radical (unpaired) electrons. The van der Waals surface area contributed by atoms with E-state index >= 15 is 0 Å². The Balaban J connectivity index is 3.91. The summed E-state index contributed by atoms with van der Waals surface area (Å²) in [5.74, 6) is -0.0803. The van der Waals surface area contributed by atoms with E-state index in [-0.39, 0.29) is 24.5 Å². The van der Waals surface area contributed by atoms with Crippen LogP contribution >= 0.6 is 0 Å². The normalized spacial score (nSPS) is 17.6. The van der Waals surface area contributed by atoms with Crippen molar-refractivity contribution in [2.75, 3.05) is 6.61 Å².